The highest BCUT2D eigenvalue weighted by molar-refractivity contribution is 7.18. The van der Waals surface area contributed by atoms with Gasteiger partial charge in [0.25, 0.3) is 0 Å². The zero-order chi connectivity index (χ0) is 18.1. The molecule has 26 heavy (non-hydrogen) atoms. The summed E-state index contributed by atoms with van der Waals surface area (Å²) in [7, 11) is 1.59. The summed E-state index contributed by atoms with van der Waals surface area (Å²) in [5, 5.41) is 13.0. The number of benzene rings is 3. The van der Waals surface area contributed by atoms with Gasteiger partial charge < -0.3 is 9.84 Å². The first kappa shape index (κ1) is 16.4. The Bertz CT molecular complexity index is 1080. The van der Waals surface area contributed by atoms with Crippen LogP contribution in [0.25, 0.3) is 32.3 Å². The van der Waals surface area contributed by atoms with E-state index in [4.69, 9.17) is 4.74 Å². The molecule has 0 saturated heterocycles. The van der Waals surface area contributed by atoms with Gasteiger partial charge in [0, 0.05) is 21.2 Å². The van der Waals surface area contributed by atoms with Crippen molar-refractivity contribution in [1.82, 2.24) is 0 Å². The molecule has 0 bridgehead atoms. The molecule has 4 heteroatoms. The molecule has 0 aliphatic heterocycles. The SMILES string of the molecule is COc1c(-c2ccccc2)c(C(=O)O)c(-c2ccccc2)c2sccc12. The van der Waals surface area contributed by atoms with Crippen molar-refractivity contribution in [2.24, 2.45) is 0 Å². The van der Waals surface area contributed by atoms with E-state index in [1.165, 1.54) is 11.3 Å². The maximum atomic E-state index is 12.4. The molecule has 0 atom stereocenters. The van der Waals surface area contributed by atoms with Crippen LogP contribution in [0, 0.1) is 0 Å². The van der Waals surface area contributed by atoms with Gasteiger partial charge in [-0.05, 0) is 22.6 Å². The topological polar surface area (TPSA) is 46.5 Å². The van der Waals surface area contributed by atoms with E-state index in [0.29, 0.717) is 11.3 Å². The Balaban J connectivity index is 2.23. The zero-order valence-corrected chi connectivity index (χ0v) is 14.9. The van der Waals surface area contributed by atoms with E-state index in [1.54, 1.807) is 7.11 Å². The Kier molecular flexibility index (Phi) is 4.19. The monoisotopic (exact) mass is 360 g/mol. The van der Waals surface area contributed by atoms with Gasteiger partial charge in [-0.2, -0.15) is 0 Å². The quantitative estimate of drug-likeness (QED) is 0.490. The molecule has 1 heterocycles. The van der Waals surface area contributed by atoms with Gasteiger partial charge in [-0.15, -0.1) is 11.3 Å². The third kappa shape index (κ3) is 2.55. The van der Waals surface area contributed by atoms with Crippen LogP contribution >= 0.6 is 11.3 Å². The number of methoxy groups -OCH3 is 1. The van der Waals surface area contributed by atoms with Crippen LogP contribution in [0.4, 0.5) is 0 Å². The summed E-state index contributed by atoms with van der Waals surface area (Å²) in [6, 6.07) is 21.2. The first-order chi connectivity index (χ1) is 12.7. The van der Waals surface area contributed by atoms with Gasteiger partial charge in [-0.1, -0.05) is 60.7 Å². The molecule has 0 fully saturated rings. The smallest absolute Gasteiger partial charge is 0.337 e. The lowest BCUT2D eigenvalue weighted by Gasteiger charge is -2.18. The van der Waals surface area contributed by atoms with Crippen LogP contribution in [-0.2, 0) is 0 Å². The Hall–Kier alpha value is -3.11. The van der Waals surface area contributed by atoms with Crippen LogP contribution in [0.3, 0.4) is 0 Å². The van der Waals surface area contributed by atoms with Crippen LogP contribution < -0.4 is 4.74 Å². The second-order valence-corrected chi connectivity index (χ2v) is 6.77. The van der Waals surface area contributed by atoms with E-state index in [2.05, 4.69) is 0 Å². The van der Waals surface area contributed by atoms with Gasteiger partial charge in [0.15, 0.2) is 0 Å². The predicted octanol–water partition coefficient (Wildman–Crippen LogP) is 5.94. The predicted molar refractivity (Wildman–Crippen MR) is 106 cm³/mol. The number of hydrogen-bond donors (Lipinski definition) is 1. The summed E-state index contributed by atoms with van der Waals surface area (Å²) in [6.07, 6.45) is 0. The molecular formula is C22H16O3S. The number of thiophene rings is 1. The van der Waals surface area contributed by atoms with Crippen LogP contribution in [0.5, 0.6) is 5.75 Å². The Labute approximate surface area is 155 Å². The van der Waals surface area contributed by atoms with Crippen molar-refractivity contribution >= 4 is 27.4 Å². The van der Waals surface area contributed by atoms with Crippen LogP contribution in [0.15, 0.2) is 72.1 Å². The number of carboxylic acid groups (broad SMARTS) is 1. The summed E-state index contributed by atoms with van der Waals surface area (Å²) >= 11 is 1.53. The molecule has 0 radical (unpaired) electrons. The van der Waals surface area contributed by atoms with Gasteiger partial charge in [0.05, 0.1) is 12.7 Å². The lowest BCUT2D eigenvalue weighted by molar-refractivity contribution is 0.0698. The average molecular weight is 360 g/mol. The summed E-state index contributed by atoms with van der Waals surface area (Å²) < 4.78 is 6.62. The van der Waals surface area contributed by atoms with Crippen molar-refractivity contribution in [2.45, 2.75) is 0 Å². The summed E-state index contributed by atoms with van der Waals surface area (Å²) in [4.78, 5) is 12.4. The van der Waals surface area contributed by atoms with Crippen molar-refractivity contribution in [3.8, 4) is 28.0 Å². The fourth-order valence-corrected chi connectivity index (χ4v) is 4.32. The molecule has 3 nitrogen and oxygen atoms in total. The van der Waals surface area contributed by atoms with Crippen molar-refractivity contribution in [1.29, 1.82) is 0 Å². The highest BCUT2D eigenvalue weighted by Gasteiger charge is 2.26. The largest absolute Gasteiger partial charge is 0.495 e. The minimum absolute atomic E-state index is 0.272. The fraction of sp³-hybridized carbons (Fsp3) is 0.0455. The third-order valence-corrected chi connectivity index (χ3v) is 5.34. The Morgan fingerprint density at radius 2 is 1.46 bits per heavy atom. The van der Waals surface area contributed by atoms with Gasteiger partial charge >= 0.3 is 5.97 Å². The van der Waals surface area contributed by atoms with Crippen LogP contribution in [0.1, 0.15) is 10.4 Å². The number of carboxylic acids is 1. The van der Waals surface area contributed by atoms with Crippen molar-refractivity contribution in [3.05, 3.63) is 77.7 Å². The normalized spacial score (nSPS) is 10.8. The number of hydrogen-bond acceptors (Lipinski definition) is 3. The number of aromatic carboxylic acids is 1. The molecule has 0 aliphatic carbocycles. The van der Waals surface area contributed by atoms with Crippen LogP contribution in [0.2, 0.25) is 0 Å². The Morgan fingerprint density at radius 1 is 0.885 bits per heavy atom. The average Bonchev–Trinajstić information content (AvgIpc) is 3.16. The molecule has 128 valence electrons. The van der Waals surface area contributed by atoms with E-state index in [0.717, 1.165) is 26.8 Å². The number of carbonyl (C=O) groups is 1. The van der Waals surface area contributed by atoms with E-state index >= 15 is 0 Å². The number of fused-ring (bicyclic) bond motifs is 1. The third-order valence-electron chi connectivity index (χ3n) is 4.41. The van der Waals surface area contributed by atoms with E-state index < -0.39 is 5.97 Å². The number of ether oxygens (including phenoxy) is 1. The van der Waals surface area contributed by atoms with Gasteiger partial charge in [-0.25, -0.2) is 4.79 Å². The fourth-order valence-electron chi connectivity index (χ4n) is 3.35. The van der Waals surface area contributed by atoms with E-state index in [9.17, 15) is 9.90 Å². The minimum Gasteiger partial charge on any atom is -0.495 e. The van der Waals surface area contributed by atoms with E-state index in [-0.39, 0.29) is 5.56 Å². The van der Waals surface area contributed by atoms with E-state index in [1.807, 2.05) is 72.1 Å². The minimum atomic E-state index is -0.962. The molecule has 1 N–H and O–H groups in total. The molecule has 4 rings (SSSR count). The standard InChI is InChI=1S/C22H16O3S/c1-25-20-16-12-13-26-21(16)18(15-10-6-3-7-11-15)19(22(23)24)17(20)14-8-4-2-5-9-14/h2-13H,1H3,(H,23,24). The highest BCUT2D eigenvalue weighted by atomic mass is 32.1. The van der Waals surface area contributed by atoms with Crippen molar-refractivity contribution in [2.75, 3.05) is 7.11 Å². The molecule has 0 spiro atoms. The molecule has 0 amide bonds. The van der Waals surface area contributed by atoms with Gasteiger partial charge in [0.1, 0.15) is 5.75 Å². The first-order valence-corrected chi connectivity index (χ1v) is 9.05. The van der Waals surface area contributed by atoms with Crippen LogP contribution in [-0.4, -0.2) is 18.2 Å². The summed E-state index contributed by atoms with van der Waals surface area (Å²) in [5.74, 6) is -0.360. The lowest BCUT2D eigenvalue weighted by atomic mass is 9.89. The molecule has 0 aliphatic rings. The van der Waals surface area contributed by atoms with Crippen molar-refractivity contribution in [3.63, 3.8) is 0 Å². The molecule has 1 aromatic heterocycles. The maximum Gasteiger partial charge on any atom is 0.337 e. The second kappa shape index (κ2) is 6.65. The second-order valence-electron chi connectivity index (χ2n) is 5.86. The molecule has 3 aromatic carbocycles. The van der Waals surface area contributed by atoms with Gasteiger partial charge in [0.2, 0.25) is 0 Å². The van der Waals surface area contributed by atoms with Gasteiger partial charge in [-0.3, -0.25) is 0 Å². The Morgan fingerprint density at radius 3 is 2.00 bits per heavy atom. The first-order valence-electron chi connectivity index (χ1n) is 8.17. The molecular weight excluding hydrogens is 344 g/mol. The maximum absolute atomic E-state index is 12.4. The summed E-state index contributed by atoms with van der Waals surface area (Å²) in [5.41, 5.74) is 3.34. The zero-order valence-electron chi connectivity index (χ0n) is 14.1. The molecule has 4 aromatic rings. The highest BCUT2D eigenvalue weighted by Crippen LogP contribution is 2.47. The lowest BCUT2D eigenvalue weighted by Crippen LogP contribution is -2.05. The molecule has 0 unspecified atom stereocenters. The van der Waals surface area contributed by atoms with Crippen molar-refractivity contribution < 1.29 is 14.6 Å². The number of rotatable bonds is 4. The molecule has 0 saturated carbocycles. The summed E-state index contributed by atoms with van der Waals surface area (Å²) in [6.45, 7) is 0.